The van der Waals surface area contributed by atoms with Gasteiger partial charge in [-0.3, -0.25) is 82.1 Å². The number of esters is 1. The number of aliphatic hydroxyl groups excluding tert-OH is 1. The van der Waals surface area contributed by atoms with Crippen molar-refractivity contribution in [1.82, 2.24) is 93.8 Å². The monoisotopic (exact) mass is 1850 g/mol. The summed E-state index contributed by atoms with van der Waals surface area (Å²) in [4.78, 5) is 263. The van der Waals surface area contributed by atoms with Crippen LogP contribution in [-0.2, 0) is 106 Å². The van der Waals surface area contributed by atoms with E-state index in [4.69, 9.17) is 33.1 Å². The Labute approximate surface area is 755 Å². The number of aromatic hydroxyl groups is 3. The molecule has 130 heavy (non-hydrogen) atoms. The van der Waals surface area contributed by atoms with Crippen molar-refractivity contribution in [3.8, 4) is 17.2 Å². The fourth-order valence-corrected chi connectivity index (χ4v) is 17.7. The van der Waals surface area contributed by atoms with E-state index in [0.29, 0.717) is 33.6 Å². The van der Waals surface area contributed by atoms with Crippen molar-refractivity contribution in [3.63, 3.8) is 0 Å². The zero-order valence-electron chi connectivity index (χ0n) is 71.9. The maximum Gasteiger partial charge on any atom is 0.331 e. The number of benzene rings is 3. The lowest BCUT2D eigenvalue weighted by Gasteiger charge is -2.34. The van der Waals surface area contributed by atoms with Crippen molar-refractivity contribution in [2.24, 2.45) is 22.9 Å². The molecule has 5 fully saturated rings. The van der Waals surface area contributed by atoms with Crippen LogP contribution in [0.15, 0.2) is 85.3 Å². The van der Waals surface area contributed by atoms with E-state index in [1.807, 2.05) is 0 Å². The highest BCUT2D eigenvalue weighted by Gasteiger charge is 2.47. The molecule has 16 amide bonds. The molecule has 27 N–H and O–H groups in total. The number of nitrogens with zero attached hydrogens (tertiary/aromatic N) is 4. The molecule has 6 heterocycles. The van der Waals surface area contributed by atoms with E-state index in [9.17, 15) is 63.6 Å². The normalized spacial score (nSPS) is 27.0. The number of carbonyl (C=O) groups excluding carboxylic acids is 17. The van der Waals surface area contributed by atoms with Crippen molar-refractivity contribution < 1.29 is 107 Å². The molecule has 0 aliphatic carbocycles. The van der Waals surface area contributed by atoms with Gasteiger partial charge in [-0.15, -0.1) is 0 Å². The van der Waals surface area contributed by atoms with Crippen LogP contribution in [0, 0.1) is 5.41 Å². The molecule has 45 nitrogen and oxygen atoms in total. The summed E-state index contributed by atoms with van der Waals surface area (Å²) in [6, 6.07) is -10.0. The van der Waals surface area contributed by atoms with Gasteiger partial charge < -0.3 is 137 Å². The number of imidazole rings is 1. The standard InChI is InChI=1S/C83H115N23O22S2/c1-42(85)65-77(122)94-51(11-6-30-90-83(87)88)68(113)96-55(35-46-17-23-49(109)24-18-46)71(116)101-60-40-130-129-39-59(74(119)99-58(38-107)82(127)128-44(3)79(124)104-31-7-13-62(104)76(121)102-65)100-67(112)43(2)92-78(123)66(57-37-89-41-91-57)103-72(117)56(36-47-19-25-50(110)26-20-47)98-75(120)61-12-8-32-105(61)81(126)63-14-9-33-106(63)80(125)53(10-4-5-29-84)95-69(114)52(27-28-64(86)111)93-70(115)54(97-73(60)118)34-45-15-21-48(108)22-16-45/h15-26,37,41-44,51-56,58-63,65-66,107-110H,4-14,27-36,38-40,84-85H2,1-3H3,(H2,86,111)(H,89,91)(H,92,123)(H,93,115)(H,94,122)(H,95,114)(H,96,113)(H,97,118)(H,98,120)(H,99,119)(H,100,112)(H,101,116)(H,102,121)(H,103,117)(H4,87,88,90)/t42?,43-,44-,51-,52-,53-,54-,55-,56-,58+,59-,60-,61-,62+,63+,65?,66-/m0/s1. The number of ether oxygens (including phenoxy) is 1. The Morgan fingerprint density at radius 2 is 0.931 bits per heavy atom. The number of phenols is 3. The topological polar surface area (TPSA) is 703 Å². The van der Waals surface area contributed by atoms with Gasteiger partial charge in [0.2, 0.25) is 88.6 Å². The van der Waals surface area contributed by atoms with Gasteiger partial charge in [0.15, 0.2) is 24.1 Å². The van der Waals surface area contributed by atoms with Gasteiger partial charge in [-0.1, -0.05) is 58.0 Å². The third kappa shape index (κ3) is 28.8. The van der Waals surface area contributed by atoms with E-state index in [-0.39, 0.29) is 137 Å². The quantitative estimate of drug-likeness (QED) is 0.0129. The summed E-state index contributed by atoms with van der Waals surface area (Å²) in [7, 11) is 1.42. The number of cyclic esters (lactones) is 1. The number of aromatic nitrogens is 2. The van der Waals surface area contributed by atoms with Crippen molar-refractivity contribution in [2.75, 3.05) is 50.8 Å². The Bertz CT molecular complexity index is 4710. The number of fused-ring (bicyclic) bond motifs is 8. The first-order chi connectivity index (χ1) is 62.0. The number of amides is 16. The minimum Gasteiger partial charge on any atom is -0.508 e. The maximum absolute atomic E-state index is 15.7. The lowest BCUT2D eigenvalue weighted by atomic mass is 10.0. The summed E-state index contributed by atoms with van der Waals surface area (Å²) in [5.74, 6) is -20.0. The van der Waals surface area contributed by atoms with Gasteiger partial charge in [0.05, 0.1) is 18.6 Å². The highest BCUT2D eigenvalue weighted by Crippen LogP contribution is 2.30. The van der Waals surface area contributed by atoms with Crippen LogP contribution in [0.25, 0.3) is 0 Å². The average molecular weight is 1850 g/mol. The lowest BCUT2D eigenvalue weighted by molar-refractivity contribution is -0.163. The van der Waals surface area contributed by atoms with E-state index >= 15 is 38.4 Å². The highest BCUT2D eigenvalue weighted by atomic mass is 33.1. The molecule has 47 heteroatoms. The lowest BCUT2D eigenvalue weighted by Crippen LogP contribution is -2.62. The van der Waals surface area contributed by atoms with E-state index in [2.05, 4.69) is 79.1 Å². The Kier molecular flexibility index (Phi) is 37.6. The zero-order valence-corrected chi connectivity index (χ0v) is 73.6. The number of aromatic amines is 1. The molecule has 9 rings (SSSR count). The second-order valence-electron chi connectivity index (χ2n) is 32.3. The number of H-pyrrole nitrogens is 1. The molecule has 3 aromatic carbocycles. The summed E-state index contributed by atoms with van der Waals surface area (Å²) < 4.78 is 5.54. The molecule has 0 spiro atoms. The summed E-state index contributed by atoms with van der Waals surface area (Å²) in [5.41, 5.74) is 24.4. The van der Waals surface area contributed by atoms with Crippen LogP contribution >= 0.6 is 21.6 Å². The summed E-state index contributed by atoms with van der Waals surface area (Å²) in [5, 5.41) is 83.4. The number of primary amides is 1. The Balaban J connectivity index is 1.17. The van der Waals surface area contributed by atoms with Gasteiger partial charge >= 0.3 is 5.97 Å². The molecule has 706 valence electrons. The molecule has 5 aliphatic rings. The van der Waals surface area contributed by atoms with Crippen LogP contribution in [0.1, 0.15) is 133 Å². The van der Waals surface area contributed by atoms with Crippen molar-refractivity contribution in [3.05, 3.63) is 108 Å². The summed E-state index contributed by atoms with van der Waals surface area (Å²) in [6.07, 6.45) is -0.665. The average Bonchev–Trinajstić information content (AvgIpc) is 1.64. The third-order valence-corrected chi connectivity index (χ3v) is 24.9. The molecule has 5 saturated heterocycles. The first-order valence-electron chi connectivity index (χ1n) is 42.8. The van der Waals surface area contributed by atoms with Crippen LogP contribution < -0.4 is 92.1 Å². The number of aliphatic hydroxyl groups is 1. The minimum atomic E-state index is -2.04. The van der Waals surface area contributed by atoms with Crippen molar-refractivity contribution >= 4 is 128 Å². The molecular formula is C83H115N23O22S2. The Hall–Kier alpha value is -12.9. The molecule has 5 aliphatic heterocycles. The van der Waals surface area contributed by atoms with Gasteiger partial charge in [0.25, 0.3) is 5.91 Å². The number of hydrogen-bond acceptors (Lipinski definition) is 28. The van der Waals surface area contributed by atoms with Gasteiger partial charge in [-0.2, -0.15) is 0 Å². The van der Waals surface area contributed by atoms with Gasteiger partial charge in [-0.25, -0.2) is 9.78 Å². The fourth-order valence-electron chi connectivity index (χ4n) is 15.4. The van der Waals surface area contributed by atoms with E-state index in [1.165, 1.54) is 109 Å². The van der Waals surface area contributed by atoms with E-state index < -0.39 is 253 Å². The van der Waals surface area contributed by atoms with Gasteiger partial charge in [0.1, 0.15) is 95.8 Å². The molecular weight excluding hydrogens is 1740 g/mol. The summed E-state index contributed by atoms with van der Waals surface area (Å²) in [6.45, 7) is 2.42. The number of guanidine groups is 1. The third-order valence-electron chi connectivity index (χ3n) is 22.5. The number of hydrogen-bond donors (Lipinski definition) is 23. The van der Waals surface area contributed by atoms with E-state index in [1.54, 1.807) is 0 Å². The number of nitrogens with two attached hydrogens (primary N) is 4. The molecule has 1 aromatic heterocycles. The second kappa shape index (κ2) is 48.5. The van der Waals surface area contributed by atoms with Gasteiger partial charge in [0, 0.05) is 75.6 Å². The van der Waals surface area contributed by atoms with Crippen LogP contribution in [-0.4, -0.2) is 299 Å². The van der Waals surface area contributed by atoms with Crippen LogP contribution in [0.3, 0.4) is 0 Å². The first-order valence-corrected chi connectivity index (χ1v) is 45.3. The largest absolute Gasteiger partial charge is 0.508 e. The molecule has 2 unspecified atom stereocenters. The number of rotatable bonds is 20. The van der Waals surface area contributed by atoms with E-state index in [0.717, 1.165) is 11.8 Å². The first kappa shape index (κ1) is 101. The van der Waals surface area contributed by atoms with Crippen LogP contribution in [0.4, 0.5) is 0 Å². The highest BCUT2D eigenvalue weighted by molar-refractivity contribution is 8.76. The maximum atomic E-state index is 15.7. The van der Waals surface area contributed by atoms with Crippen LogP contribution in [0.2, 0.25) is 0 Å². The smallest absolute Gasteiger partial charge is 0.331 e. The fraction of sp³-hybridized carbons (Fsp3) is 0.530. The van der Waals surface area contributed by atoms with Crippen LogP contribution in [0.5, 0.6) is 17.2 Å². The number of nitrogens with one attached hydrogen (secondary N) is 15. The SMILES string of the molecule is CC(N)C1NC(=O)[C@H]2CCCN2C(=O)[C@H](C)OC(=O)[C@@H](CO)NC(=O)[C@@H]2CSSC[C@H](NC(=O)[C@H](Cc3ccc(O)cc3)NC(=O)[C@H](CCCNC(=N)N)NC1=O)C(=O)N[C@@H](Cc1ccc(O)cc1)C(=O)N[C@@H](CCC(N)=O)C(=O)N[C@@H](CCCCN)C(=O)N1CCC[C@@H]1C(=O)N1CCC[C@H]1C(=O)N[C@@H](Cc1ccc(O)cc1)C(=O)N[C@@H](c1c[nH]cn1)C(=O)N[C@@H](C)C(=O)N2. The molecule has 4 aromatic rings. The van der Waals surface area contributed by atoms with Crippen molar-refractivity contribution in [2.45, 2.75) is 226 Å². The number of carbonyl (C=O) groups is 17. The number of phenolic OH excluding ortho intramolecular Hbond substituents is 3. The predicted molar refractivity (Wildman–Crippen MR) is 468 cm³/mol. The Morgan fingerprint density at radius 1 is 0.500 bits per heavy atom. The molecule has 2 bridgehead atoms. The summed E-state index contributed by atoms with van der Waals surface area (Å²) >= 11 is 0. The molecule has 0 saturated carbocycles. The second-order valence-corrected chi connectivity index (χ2v) is 34.9. The number of unbranched alkanes of at least 4 members (excludes halogenated alkanes) is 1. The zero-order chi connectivity index (χ0) is 94.6. The molecule has 0 radical (unpaired) electrons. The van der Waals surface area contributed by atoms with Gasteiger partial charge in [-0.05, 0) is 157 Å². The predicted octanol–water partition coefficient (Wildman–Crippen LogP) is -5.92. The van der Waals surface area contributed by atoms with Crippen molar-refractivity contribution in [1.29, 1.82) is 5.41 Å². The minimum absolute atomic E-state index is 0.00157. The molecule has 17 atom stereocenters. The Morgan fingerprint density at radius 3 is 1.43 bits per heavy atom.